The van der Waals surface area contributed by atoms with Gasteiger partial charge in [0.2, 0.25) is 0 Å². The molecule has 0 aliphatic heterocycles. The molecule has 4 nitrogen and oxygen atoms in total. The third-order valence-electron chi connectivity index (χ3n) is 5.42. The summed E-state index contributed by atoms with van der Waals surface area (Å²) in [5.41, 5.74) is 3.40. The fraction of sp³-hybridized carbons (Fsp3) is 0.760. The van der Waals surface area contributed by atoms with Gasteiger partial charge in [0.15, 0.2) is 0 Å². The molecule has 0 aliphatic carbocycles. The quantitative estimate of drug-likeness (QED) is 0.611. The van der Waals surface area contributed by atoms with Crippen LogP contribution >= 0.6 is 0 Å². The zero-order valence-corrected chi connectivity index (χ0v) is 20.9. The van der Waals surface area contributed by atoms with Gasteiger partial charge in [0.1, 0.15) is 5.75 Å². The molecule has 0 bridgehead atoms. The van der Waals surface area contributed by atoms with Gasteiger partial charge in [0.05, 0.1) is 0 Å². The standard InChI is InChI=1S/C25H47N3O/c1-24(2,3)21-17-20(23(29)22(18-21)25(4,5)6)19-28(15-11-13-26(7)8)16-12-14-27(9)10/h17-18,29H,11-16,19H2,1-10H3. The first-order valence-corrected chi connectivity index (χ1v) is 11.1. The molecule has 0 saturated heterocycles. The van der Waals surface area contributed by atoms with Crippen LogP contribution in [0.4, 0.5) is 0 Å². The van der Waals surface area contributed by atoms with E-state index in [9.17, 15) is 5.11 Å². The molecule has 0 amide bonds. The van der Waals surface area contributed by atoms with E-state index in [1.165, 1.54) is 5.56 Å². The minimum absolute atomic E-state index is 0.0587. The fourth-order valence-electron chi connectivity index (χ4n) is 3.55. The second kappa shape index (κ2) is 10.8. The molecule has 0 radical (unpaired) electrons. The van der Waals surface area contributed by atoms with Crippen LogP contribution in [-0.2, 0) is 17.4 Å². The number of hydrogen-bond acceptors (Lipinski definition) is 4. The highest BCUT2D eigenvalue weighted by Crippen LogP contribution is 2.38. The van der Waals surface area contributed by atoms with Gasteiger partial charge in [-0.1, -0.05) is 53.7 Å². The molecule has 1 aromatic rings. The normalized spacial score (nSPS) is 13.1. The van der Waals surface area contributed by atoms with Crippen molar-refractivity contribution in [1.29, 1.82) is 0 Å². The number of phenolic OH excluding ortho intramolecular Hbond substituents is 1. The van der Waals surface area contributed by atoms with Crippen LogP contribution in [0, 0.1) is 0 Å². The Kier molecular flexibility index (Phi) is 9.65. The van der Waals surface area contributed by atoms with E-state index in [0.717, 1.165) is 56.7 Å². The molecule has 1 aromatic carbocycles. The Bertz CT molecular complexity index is 610. The molecule has 1 rings (SSSR count). The van der Waals surface area contributed by atoms with Crippen molar-refractivity contribution in [3.63, 3.8) is 0 Å². The van der Waals surface area contributed by atoms with Crippen molar-refractivity contribution in [2.24, 2.45) is 0 Å². The first kappa shape index (κ1) is 25.9. The Morgan fingerprint density at radius 2 is 1.21 bits per heavy atom. The van der Waals surface area contributed by atoms with Crippen molar-refractivity contribution in [2.75, 3.05) is 54.4 Å². The second-order valence-electron chi connectivity index (χ2n) is 11.1. The average molecular weight is 406 g/mol. The summed E-state index contributed by atoms with van der Waals surface area (Å²) in [7, 11) is 8.52. The van der Waals surface area contributed by atoms with E-state index in [4.69, 9.17) is 0 Å². The van der Waals surface area contributed by atoms with Gasteiger partial charge in [-0.05, 0) is 89.2 Å². The lowest BCUT2D eigenvalue weighted by atomic mass is 9.79. The Labute approximate surface area is 180 Å². The third kappa shape index (κ3) is 9.06. The molecule has 4 heteroatoms. The summed E-state index contributed by atoms with van der Waals surface area (Å²) >= 11 is 0. The smallest absolute Gasteiger partial charge is 0.123 e. The van der Waals surface area contributed by atoms with E-state index < -0.39 is 0 Å². The number of benzene rings is 1. The lowest BCUT2D eigenvalue weighted by Gasteiger charge is -2.30. The molecule has 0 heterocycles. The summed E-state index contributed by atoms with van der Waals surface area (Å²) in [5, 5.41) is 11.1. The van der Waals surface area contributed by atoms with E-state index in [-0.39, 0.29) is 10.8 Å². The van der Waals surface area contributed by atoms with Crippen LogP contribution in [0.25, 0.3) is 0 Å². The van der Waals surface area contributed by atoms with E-state index in [1.807, 2.05) is 0 Å². The minimum atomic E-state index is -0.0826. The zero-order chi connectivity index (χ0) is 22.4. The predicted molar refractivity (Wildman–Crippen MR) is 127 cm³/mol. The zero-order valence-electron chi connectivity index (χ0n) is 20.9. The van der Waals surface area contributed by atoms with Crippen LogP contribution in [0.15, 0.2) is 12.1 Å². The maximum absolute atomic E-state index is 11.1. The summed E-state index contributed by atoms with van der Waals surface area (Å²) in [5.74, 6) is 0.482. The van der Waals surface area contributed by atoms with Crippen molar-refractivity contribution in [2.45, 2.75) is 71.8 Å². The van der Waals surface area contributed by atoms with Gasteiger partial charge < -0.3 is 14.9 Å². The highest BCUT2D eigenvalue weighted by molar-refractivity contribution is 5.48. The van der Waals surface area contributed by atoms with Crippen molar-refractivity contribution in [3.8, 4) is 5.75 Å². The monoisotopic (exact) mass is 405 g/mol. The maximum Gasteiger partial charge on any atom is 0.123 e. The molecule has 0 unspecified atom stereocenters. The lowest BCUT2D eigenvalue weighted by Crippen LogP contribution is -2.30. The van der Waals surface area contributed by atoms with Gasteiger partial charge in [0.25, 0.3) is 0 Å². The minimum Gasteiger partial charge on any atom is -0.507 e. The fourth-order valence-corrected chi connectivity index (χ4v) is 3.55. The number of nitrogens with zero attached hydrogens (tertiary/aromatic N) is 3. The Morgan fingerprint density at radius 1 is 0.724 bits per heavy atom. The summed E-state index contributed by atoms with van der Waals surface area (Å²) in [6.45, 7) is 18.4. The van der Waals surface area contributed by atoms with Gasteiger partial charge in [-0.2, -0.15) is 0 Å². The molecule has 0 fully saturated rings. The van der Waals surface area contributed by atoms with Crippen molar-refractivity contribution < 1.29 is 5.11 Å². The number of aromatic hydroxyl groups is 1. The molecular weight excluding hydrogens is 358 g/mol. The van der Waals surface area contributed by atoms with Gasteiger partial charge >= 0.3 is 0 Å². The highest BCUT2D eigenvalue weighted by Gasteiger charge is 2.25. The van der Waals surface area contributed by atoms with E-state index >= 15 is 0 Å². The Hall–Kier alpha value is -1.10. The van der Waals surface area contributed by atoms with Crippen LogP contribution in [0.1, 0.15) is 71.1 Å². The van der Waals surface area contributed by atoms with Crippen LogP contribution in [-0.4, -0.2) is 74.2 Å². The average Bonchev–Trinajstić information content (AvgIpc) is 2.53. The summed E-state index contributed by atoms with van der Waals surface area (Å²) in [6.07, 6.45) is 2.28. The van der Waals surface area contributed by atoms with Crippen LogP contribution in [0.2, 0.25) is 0 Å². The number of hydrogen-bond donors (Lipinski definition) is 1. The Morgan fingerprint density at radius 3 is 1.59 bits per heavy atom. The highest BCUT2D eigenvalue weighted by atomic mass is 16.3. The number of rotatable bonds is 10. The SMILES string of the molecule is CN(C)CCCN(CCCN(C)C)Cc1cc(C(C)(C)C)cc(C(C)(C)C)c1O. The predicted octanol–water partition coefficient (Wildman–Crippen LogP) is 4.69. The molecule has 168 valence electrons. The Balaban J connectivity index is 3.16. The first-order chi connectivity index (χ1) is 13.2. The molecule has 1 N–H and O–H groups in total. The summed E-state index contributed by atoms with van der Waals surface area (Å²) in [6, 6.07) is 4.44. The van der Waals surface area contributed by atoms with Crippen molar-refractivity contribution >= 4 is 0 Å². The van der Waals surface area contributed by atoms with E-state index in [2.05, 4.69) is 96.6 Å². The molecule has 0 aromatic heterocycles. The van der Waals surface area contributed by atoms with E-state index in [1.54, 1.807) is 0 Å². The first-order valence-electron chi connectivity index (χ1n) is 11.1. The summed E-state index contributed by atoms with van der Waals surface area (Å²) in [4.78, 5) is 7.00. The van der Waals surface area contributed by atoms with Crippen LogP contribution in [0.3, 0.4) is 0 Å². The molecule has 0 saturated carbocycles. The largest absolute Gasteiger partial charge is 0.507 e. The number of phenols is 1. The van der Waals surface area contributed by atoms with Gasteiger partial charge in [-0.3, -0.25) is 4.90 Å². The molecule has 0 aliphatic rings. The van der Waals surface area contributed by atoms with E-state index in [0.29, 0.717) is 5.75 Å². The third-order valence-corrected chi connectivity index (χ3v) is 5.42. The van der Waals surface area contributed by atoms with Crippen molar-refractivity contribution in [1.82, 2.24) is 14.7 Å². The van der Waals surface area contributed by atoms with Gasteiger partial charge in [0, 0.05) is 12.1 Å². The molecule has 0 spiro atoms. The maximum atomic E-state index is 11.1. The van der Waals surface area contributed by atoms with Crippen LogP contribution in [0.5, 0.6) is 5.75 Å². The summed E-state index contributed by atoms with van der Waals surface area (Å²) < 4.78 is 0. The molecule has 0 atom stereocenters. The van der Waals surface area contributed by atoms with Gasteiger partial charge in [-0.25, -0.2) is 0 Å². The second-order valence-corrected chi connectivity index (χ2v) is 11.1. The lowest BCUT2D eigenvalue weighted by molar-refractivity contribution is 0.231. The topological polar surface area (TPSA) is 30.0 Å². The molecular formula is C25H47N3O. The van der Waals surface area contributed by atoms with Crippen molar-refractivity contribution in [3.05, 3.63) is 28.8 Å². The van der Waals surface area contributed by atoms with Crippen LogP contribution < -0.4 is 0 Å². The van der Waals surface area contributed by atoms with Gasteiger partial charge in [-0.15, -0.1) is 0 Å². The molecule has 29 heavy (non-hydrogen) atoms.